The van der Waals surface area contributed by atoms with Crippen LogP contribution in [-0.4, -0.2) is 32.7 Å². The molecule has 1 unspecified atom stereocenters. The van der Waals surface area contributed by atoms with E-state index in [-0.39, 0.29) is 17.7 Å². The third-order valence-electron chi connectivity index (χ3n) is 3.24. The number of carbonyl (C=O) groups is 1. The van der Waals surface area contributed by atoms with Gasteiger partial charge in [-0.05, 0) is 13.0 Å². The first kappa shape index (κ1) is 13.1. The molecule has 100 valence electrons. The van der Waals surface area contributed by atoms with Crippen molar-refractivity contribution in [2.75, 3.05) is 7.05 Å². The normalized spacial score (nSPS) is 12.2. The first-order valence-corrected chi connectivity index (χ1v) is 6.04. The van der Waals surface area contributed by atoms with Gasteiger partial charge in [-0.15, -0.1) is 0 Å². The summed E-state index contributed by atoms with van der Waals surface area (Å²) in [5, 5.41) is 13.8. The van der Waals surface area contributed by atoms with Crippen molar-refractivity contribution in [2.24, 2.45) is 7.05 Å². The standard InChI is InChI=1S/C14H17N3O2/c1-10(12-6-4-5-7-13(12)18)17(3)14(19)11-8-15-16(2)9-11/h4-10,18H,1-3H3. The van der Waals surface area contributed by atoms with E-state index in [0.29, 0.717) is 5.56 Å². The van der Waals surface area contributed by atoms with E-state index in [1.807, 2.05) is 19.1 Å². The summed E-state index contributed by atoms with van der Waals surface area (Å²) in [5.74, 6) is 0.0738. The molecule has 1 atom stereocenters. The van der Waals surface area contributed by atoms with Crippen molar-refractivity contribution in [3.8, 4) is 5.75 Å². The summed E-state index contributed by atoms with van der Waals surface area (Å²) in [6.07, 6.45) is 3.22. The van der Waals surface area contributed by atoms with Crippen LogP contribution < -0.4 is 0 Å². The van der Waals surface area contributed by atoms with Crippen molar-refractivity contribution in [3.63, 3.8) is 0 Å². The van der Waals surface area contributed by atoms with Crippen LogP contribution in [0.5, 0.6) is 5.75 Å². The zero-order chi connectivity index (χ0) is 14.0. The van der Waals surface area contributed by atoms with Gasteiger partial charge in [0.1, 0.15) is 5.75 Å². The minimum atomic E-state index is -0.214. The van der Waals surface area contributed by atoms with E-state index < -0.39 is 0 Å². The Bertz CT molecular complexity index is 592. The lowest BCUT2D eigenvalue weighted by Crippen LogP contribution is -2.29. The number of rotatable bonds is 3. The molecule has 5 nitrogen and oxygen atoms in total. The number of hydrogen-bond donors (Lipinski definition) is 1. The van der Waals surface area contributed by atoms with Crippen molar-refractivity contribution in [1.29, 1.82) is 0 Å². The van der Waals surface area contributed by atoms with Crippen LogP contribution in [0.1, 0.15) is 28.9 Å². The average Bonchev–Trinajstić information content (AvgIpc) is 2.83. The molecule has 0 radical (unpaired) electrons. The average molecular weight is 259 g/mol. The minimum absolute atomic E-state index is 0.121. The topological polar surface area (TPSA) is 58.4 Å². The SMILES string of the molecule is CC(c1ccccc1O)N(C)C(=O)c1cnn(C)c1. The maximum absolute atomic E-state index is 12.3. The molecule has 1 aromatic carbocycles. The third-order valence-corrected chi connectivity index (χ3v) is 3.24. The van der Waals surface area contributed by atoms with Gasteiger partial charge in [-0.25, -0.2) is 0 Å². The smallest absolute Gasteiger partial charge is 0.257 e. The summed E-state index contributed by atoms with van der Waals surface area (Å²) in [7, 11) is 3.48. The van der Waals surface area contributed by atoms with Crippen LogP contribution in [0.3, 0.4) is 0 Å². The first-order chi connectivity index (χ1) is 9.00. The second kappa shape index (κ2) is 5.14. The molecule has 0 aliphatic carbocycles. The van der Waals surface area contributed by atoms with E-state index in [0.717, 1.165) is 5.56 Å². The summed E-state index contributed by atoms with van der Waals surface area (Å²) in [6, 6.07) is 6.82. The summed E-state index contributed by atoms with van der Waals surface area (Å²) in [4.78, 5) is 13.9. The number of nitrogens with zero attached hydrogens (tertiary/aromatic N) is 3. The Morgan fingerprint density at radius 1 is 1.42 bits per heavy atom. The quantitative estimate of drug-likeness (QED) is 0.916. The summed E-state index contributed by atoms with van der Waals surface area (Å²) in [5.41, 5.74) is 1.26. The second-order valence-corrected chi connectivity index (χ2v) is 4.55. The maximum Gasteiger partial charge on any atom is 0.257 e. The van der Waals surface area contributed by atoms with Gasteiger partial charge in [-0.2, -0.15) is 5.10 Å². The zero-order valence-corrected chi connectivity index (χ0v) is 11.2. The van der Waals surface area contributed by atoms with E-state index >= 15 is 0 Å². The predicted octanol–water partition coefficient (Wildman–Crippen LogP) is 1.96. The molecule has 0 fully saturated rings. The van der Waals surface area contributed by atoms with Crippen molar-refractivity contribution in [1.82, 2.24) is 14.7 Å². The monoisotopic (exact) mass is 259 g/mol. The van der Waals surface area contributed by atoms with Gasteiger partial charge in [0.05, 0.1) is 17.8 Å². The molecule has 2 rings (SSSR count). The molecule has 1 N–H and O–H groups in total. The highest BCUT2D eigenvalue weighted by molar-refractivity contribution is 5.93. The number of phenolic OH excluding ortho intramolecular Hbond substituents is 1. The zero-order valence-electron chi connectivity index (χ0n) is 11.2. The molecule has 0 saturated carbocycles. The number of amides is 1. The van der Waals surface area contributed by atoms with E-state index in [4.69, 9.17) is 0 Å². The molecule has 1 heterocycles. The largest absolute Gasteiger partial charge is 0.508 e. The summed E-state index contributed by atoms with van der Waals surface area (Å²) >= 11 is 0. The lowest BCUT2D eigenvalue weighted by atomic mass is 10.1. The minimum Gasteiger partial charge on any atom is -0.508 e. The highest BCUT2D eigenvalue weighted by Crippen LogP contribution is 2.27. The van der Waals surface area contributed by atoms with Crippen LogP contribution in [0.2, 0.25) is 0 Å². The fourth-order valence-electron chi connectivity index (χ4n) is 1.96. The lowest BCUT2D eigenvalue weighted by Gasteiger charge is -2.25. The third kappa shape index (κ3) is 2.59. The maximum atomic E-state index is 12.3. The van der Waals surface area contributed by atoms with Crippen LogP contribution in [0.15, 0.2) is 36.7 Å². The number of phenols is 1. The molecular weight excluding hydrogens is 242 g/mol. The highest BCUT2D eigenvalue weighted by Gasteiger charge is 2.21. The second-order valence-electron chi connectivity index (χ2n) is 4.55. The molecule has 19 heavy (non-hydrogen) atoms. The number of aryl methyl sites for hydroxylation is 1. The number of para-hydroxylation sites is 1. The van der Waals surface area contributed by atoms with Gasteiger partial charge >= 0.3 is 0 Å². The predicted molar refractivity (Wildman–Crippen MR) is 71.8 cm³/mol. The Hall–Kier alpha value is -2.30. The van der Waals surface area contributed by atoms with Gasteiger partial charge in [0.2, 0.25) is 0 Å². The van der Waals surface area contributed by atoms with Gasteiger partial charge < -0.3 is 10.0 Å². The molecule has 0 saturated heterocycles. The molecule has 0 spiro atoms. The van der Waals surface area contributed by atoms with Crippen LogP contribution >= 0.6 is 0 Å². The Morgan fingerprint density at radius 3 is 2.68 bits per heavy atom. The fraction of sp³-hybridized carbons (Fsp3) is 0.286. The molecule has 1 amide bonds. The van der Waals surface area contributed by atoms with E-state index in [1.165, 1.54) is 6.20 Å². The summed E-state index contributed by atoms with van der Waals surface area (Å²) in [6.45, 7) is 1.88. The van der Waals surface area contributed by atoms with Gasteiger partial charge in [-0.1, -0.05) is 18.2 Å². The Kier molecular flexibility index (Phi) is 3.55. The van der Waals surface area contributed by atoms with Gasteiger partial charge in [0.25, 0.3) is 5.91 Å². The van der Waals surface area contributed by atoms with Crippen molar-refractivity contribution >= 4 is 5.91 Å². The number of carbonyl (C=O) groups excluding carboxylic acids is 1. The van der Waals surface area contributed by atoms with Crippen molar-refractivity contribution in [2.45, 2.75) is 13.0 Å². The van der Waals surface area contributed by atoms with Crippen LogP contribution in [0.25, 0.3) is 0 Å². The molecular formula is C14H17N3O2. The van der Waals surface area contributed by atoms with Gasteiger partial charge in [-0.3, -0.25) is 9.48 Å². The Morgan fingerprint density at radius 2 is 2.11 bits per heavy atom. The van der Waals surface area contributed by atoms with Crippen molar-refractivity contribution < 1.29 is 9.90 Å². The number of aromatic hydroxyl groups is 1. The van der Waals surface area contributed by atoms with E-state index in [1.54, 1.807) is 42.0 Å². The van der Waals surface area contributed by atoms with Crippen LogP contribution in [0, 0.1) is 0 Å². The Balaban J connectivity index is 2.22. The van der Waals surface area contributed by atoms with Gasteiger partial charge in [0, 0.05) is 25.9 Å². The number of aromatic nitrogens is 2. The molecule has 2 aromatic rings. The molecule has 1 aromatic heterocycles. The Labute approximate surface area is 112 Å². The van der Waals surface area contributed by atoms with Gasteiger partial charge in [0.15, 0.2) is 0 Å². The first-order valence-electron chi connectivity index (χ1n) is 6.04. The summed E-state index contributed by atoms with van der Waals surface area (Å²) < 4.78 is 1.59. The molecule has 5 heteroatoms. The van der Waals surface area contributed by atoms with E-state index in [9.17, 15) is 9.90 Å². The fourth-order valence-corrected chi connectivity index (χ4v) is 1.96. The highest BCUT2D eigenvalue weighted by atomic mass is 16.3. The van der Waals surface area contributed by atoms with E-state index in [2.05, 4.69) is 5.10 Å². The van der Waals surface area contributed by atoms with Crippen molar-refractivity contribution in [3.05, 3.63) is 47.8 Å². The number of benzene rings is 1. The van der Waals surface area contributed by atoms with Crippen LogP contribution in [0.4, 0.5) is 0 Å². The van der Waals surface area contributed by atoms with Crippen LogP contribution in [-0.2, 0) is 7.05 Å². The molecule has 0 aliphatic heterocycles. The lowest BCUT2D eigenvalue weighted by molar-refractivity contribution is 0.0741. The molecule has 0 aliphatic rings. The number of hydrogen-bond acceptors (Lipinski definition) is 3. The molecule has 0 bridgehead atoms.